The molecule has 1 aromatic rings. The predicted octanol–water partition coefficient (Wildman–Crippen LogP) is 5.37. The largest absolute Gasteiger partial charge is 0.744 e. The molecule has 0 aliphatic rings. The number of carbonyl (C=O) groups is 1. The topological polar surface area (TPSA) is 86.3 Å². The third-order valence-corrected chi connectivity index (χ3v) is 6.94. The number of quaternary nitrogens is 1. The van der Waals surface area contributed by atoms with Crippen molar-refractivity contribution in [1.82, 2.24) is 5.32 Å². The molecule has 0 fully saturated rings. The lowest BCUT2D eigenvalue weighted by Crippen LogP contribution is -2.41. The van der Waals surface area contributed by atoms with E-state index in [4.69, 9.17) is 0 Å². The molecular formula is C26H46N2O4S. The van der Waals surface area contributed by atoms with Crippen LogP contribution in [0.3, 0.4) is 0 Å². The van der Waals surface area contributed by atoms with Gasteiger partial charge in [0.25, 0.3) is 0 Å². The zero-order chi connectivity index (χ0) is 24.6. The minimum atomic E-state index is -4.40. The normalized spacial score (nSPS) is 12.1. The van der Waals surface area contributed by atoms with Crippen LogP contribution in [0.5, 0.6) is 0 Å². The molecule has 0 heterocycles. The van der Waals surface area contributed by atoms with E-state index < -0.39 is 10.1 Å². The summed E-state index contributed by atoms with van der Waals surface area (Å²) >= 11 is 0. The number of nitrogens with one attached hydrogen (secondary N) is 1. The molecule has 0 atom stereocenters. The Balaban J connectivity index is 2.07. The van der Waals surface area contributed by atoms with Crippen molar-refractivity contribution in [2.24, 2.45) is 0 Å². The number of benzene rings is 1. The first-order valence-electron chi connectivity index (χ1n) is 12.8. The van der Waals surface area contributed by atoms with Gasteiger partial charge in [-0.2, -0.15) is 0 Å². The van der Waals surface area contributed by atoms with E-state index >= 15 is 0 Å². The van der Waals surface area contributed by atoms with Crippen molar-refractivity contribution in [2.75, 3.05) is 27.2 Å². The van der Waals surface area contributed by atoms with Crippen molar-refractivity contribution in [2.45, 2.75) is 102 Å². The first kappa shape index (κ1) is 29.6. The van der Waals surface area contributed by atoms with Gasteiger partial charge in [-0.15, -0.1) is 0 Å². The van der Waals surface area contributed by atoms with Crippen LogP contribution < -0.4 is 5.32 Å². The van der Waals surface area contributed by atoms with E-state index in [2.05, 4.69) is 26.3 Å². The number of hydrogen-bond acceptors (Lipinski definition) is 4. The molecule has 0 saturated heterocycles. The van der Waals surface area contributed by atoms with Gasteiger partial charge in [-0.05, 0) is 18.6 Å². The van der Waals surface area contributed by atoms with Gasteiger partial charge in [0.1, 0.15) is 16.7 Å². The highest BCUT2D eigenvalue weighted by molar-refractivity contribution is 7.85. The molecule has 1 N–H and O–H groups in total. The highest BCUT2D eigenvalue weighted by Gasteiger charge is 2.16. The van der Waals surface area contributed by atoms with Crippen LogP contribution in [0.2, 0.25) is 0 Å². The van der Waals surface area contributed by atoms with E-state index in [0.29, 0.717) is 13.0 Å². The standard InChI is InChI=1S/C26H46N2O4S/c1-4-5-6-7-8-9-10-11-12-13-14-16-26(29)27-21-15-22-28(2,3)23-24-17-19-25(20-18-24)33(30,31)32/h17-20H,4-16,21-23H2,1-3H3,(H-,27,29,30,31,32). The number of amides is 1. The van der Waals surface area contributed by atoms with Crippen molar-refractivity contribution >= 4 is 16.0 Å². The fraction of sp³-hybridized carbons (Fsp3) is 0.731. The molecule has 0 bridgehead atoms. The maximum atomic E-state index is 12.0. The van der Waals surface area contributed by atoms with Crippen LogP contribution in [-0.2, 0) is 21.5 Å². The summed E-state index contributed by atoms with van der Waals surface area (Å²) in [7, 11) is -0.198. The van der Waals surface area contributed by atoms with Crippen molar-refractivity contribution in [3.05, 3.63) is 29.8 Å². The minimum Gasteiger partial charge on any atom is -0.744 e. The SMILES string of the molecule is CCCCCCCCCCCCCC(=O)NCCC[N+](C)(C)Cc1ccc(S(=O)(=O)[O-])cc1. The van der Waals surface area contributed by atoms with Crippen molar-refractivity contribution in [3.8, 4) is 0 Å². The molecule has 0 aromatic heterocycles. The van der Waals surface area contributed by atoms with Gasteiger partial charge in [0.2, 0.25) is 5.91 Å². The van der Waals surface area contributed by atoms with Gasteiger partial charge in [-0.1, -0.05) is 83.3 Å². The van der Waals surface area contributed by atoms with Crippen LogP contribution in [0.15, 0.2) is 29.2 Å². The quantitative estimate of drug-likeness (QED) is 0.163. The molecule has 0 radical (unpaired) electrons. The van der Waals surface area contributed by atoms with Gasteiger partial charge in [-0.3, -0.25) is 4.79 Å². The maximum Gasteiger partial charge on any atom is 0.219 e. The first-order chi connectivity index (χ1) is 15.6. The molecule has 190 valence electrons. The van der Waals surface area contributed by atoms with Crippen LogP contribution >= 0.6 is 0 Å². The molecule has 1 aromatic carbocycles. The lowest BCUT2D eigenvalue weighted by molar-refractivity contribution is -0.903. The highest BCUT2D eigenvalue weighted by Crippen LogP contribution is 2.15. The molecule has 1 rings (SSSR count). The Labute approximate surface area is 202 Å². The van der Waals surface area contributed by atoms with Crippen LogP contribution in [-0.4, -0.2) is 50.5 Å². The molecule has 33 heavy (non-hydrogen) atoms. The molecule has 6 nitrogen and oxygen atoms in total. The third kappa shape index (κ3) is 15.2. The van der Waals surface area contributed by atoms with Gasteiger partial charge in [0, 0.05) is 24.9 Å². The number of hydrogen-bond donors (Lipinski definition) is 1. The van der Waals surface area contributed by atoms with Gasteiger partial charge < -0.3 is 14.4 Å². The van der Waals surface area contributed by atoms with Crippen molar-refractivity contribution in [3.63, 3.8) is 0 Å². The van der Waals surface area contributed by atoms with Crippen LogP contribution in [0.25, 0.3) is 0 Å². The minimum absolute atomic E-state index is 0.144. The summed E-state index contributed by atoms with van der Waals surface area (Å²) < 4.78 is 33.8. The Bertz CT molecular complexity index is 761. The van der Waals surface area contributed by atoms with Crippen LogP contribution in [0, 0.1) is 0 Å². The van der Waals surface area contributed by atoms with Crippen LogP contribution in [0.4, 0.5) is 0 Å². The second kappa shape index (κ2) is 16.2. The van der Waals surface area contributed by atoms with E-state index in [1.807, 2.05) is 0 Å². The summed E-state index contributed by atoms with van der Waals surface area (Å²) in [6.07, 6.45) is 15.6. The zero-order valence-electron chi connectivity index (χ0n) is 21.1. The molecule has 1 amide bonds. The van der Waals surface area contributed by atoms with Gasteiger partial charge in [-0.25, -0.2) is 8.42 Å². The maximum absolute atomic E-state index is 12.0. The lowest BCUT2D eigenvalue weighted by atomic mass is 10.1. The Hall–Kier alpha value is -1.44. The molecular weight excluding hydrogens is 436 g/mol. The highest BCUT2D eigenvalue weighted by atomic mass is 32.2. The fourth-order valence-corrected chi connectivity index (χ4v) is 4.58. The van der Waals surface area contributed by atoms with E-state index in [1.54, 1.807) is 12.1 Å². The number of unbranched alkanes of at least 4 members (excludes halogenated alkanes) is 10. The Morgan fingerprint density at radius 1 is 0.848 bits per heavy atom. The lowest BCUT2D eigenvalue weighted by Gasteiger charge is -2.30. The van der Waals surface area contributed by atoms with Gasteiger partial charge in [0.05, 0.1) is 25.5 Å². The van der Waals surface area contributed by atoms with E-state index in [0.717, 1.165) is 42.4 Å². The Morgan fingerprint density at radius 3 is 1.88 bits per heavy atom. The first-order valence-corrected chi connectivity index (χ1v) is 14.2. The summed E-state index contributed by atoms with van der Waals surface area (Å²) in [5.41, 5.74) is 0.980. The molecule has 0 aliphatic carbocycles. The van der Waals surface area contributed by atoms with Gasteiger partial charge in [0.15, 0.2) is 0 Å². The number of rotatable bonds is 19. The summed E-state index contributed by atoms with van der Waals surface area (Å²) in [4.78, 5) is 11.8. The smallest absolute Gasteiger partial charge is 0.219 e. The fourth-order valence-electron chi connectivity index (χ4n) is 4.11. The summed E-state index contributed by atoms with van der Waals surface area (Å²) in [6, 6.07) is 6.12. The third-order valence-electron chi connectivity index (χ3n) is 6.09. The van der Waals surface area contributed by atoms with E-state index in [1.165, 1.54) is 69.9 Å². The second-order valence-electron chi connectivity index (χ2n) is 9.90. The van der Waals surface area contributed by atoms with Crippen molar-refractivity contribution < 1.29 is 22.2 Å². The molecule has 0 aliphatic heterocycles. The van der Waals surface area contributed by atoms with Gasteiger partial charge >= 0.3 is 0 Å². The molecule has 7 heteroatoms. The van der Waals surface area contributed by atoms with E-state index in [9.17, 15) is 17.8 Å². The predicted molar refractivity (Wildman–Crippen MR) is 134 cm³/mol. The Morgan fingerprint density at radius 2 is 1.36 bits per heavy atom. The Kier molecular flexibility index (Phi) is 14.6. The molecule has 0 unspecified atom stereocenters. The van der Waals surface area contributed by atoms with Crippen molar-refractivity contribution in [1.29, 1.82) is 0 Å². The monoisotopic (exact) mass is 482 g/mol. The summed E-state index contributed by atoms with van der Waals surface area (Å²) in [6.45, 7) is 4.54. The van der Waals surface area contributed by atoms with E-state index in [-0.39, 0.29) is 10.8 Å². The molecule has 0 spiro atoms. The van der Waals surface area contributed by atoms with Crippen LogP contribution in [0.1, 0.15) is 96.0 Å². The second-order valence-corrected chi connectivity index (χ2v) is 11.3. The average molecular weight is 483 g/mol. The zero-order valence-corrected chi connectivity index (χ0v) is 21.9. The number of nitrogens with zero attached hydrogens (tertiary/aromatic N) is 1. The average Bonchev–Trinajstić information content (AvgIpc) is 2.74. The summed E-state index contributed by atoms with van der Waals surface area (Å²) in [5.74, 6) is 0.144. The summed E-state index contributed by atoms with van der Waals surface area (Å²) in [5, 5.41) is 3.03. The molecule has 0 saturated carbocycles. The number of carbonyl (C=O) groups excluding carboxylic acids is 1.